The lowest BCUT2D eigenvalue weighted by Crippen LogP contribution is -2.30. The molecule has 0 bridgehead atoms. The van der Waals surface area contributed by atoms with Crippen LogP contribution in [0.15, 0.2) is 49.1 Å². The molecular weight excluding hydrogens is 250 g/mol. The lowest BCUT2D eigenvalue weighted by molar-refractivity contribution is 0.604. The zero-order chi connectivity index (χ0) is 13.9. The summed E-state index contributed by atoms with van der Waals surface area (Å²) < 4.78 is 0. The SMILES string of the molecule is Cc1cnc(C(NN)c2cccc3cnccc23)nc1. The van der Waals surface area contributed by atoms with Crippen LogP contribution in [0.4, 0.5) is 0 Å². The zero-order valence-corrected chi connectivity index (χ0v) is 11.1. The summed E-state index contributed by atoms with van der Waals surface area (Å²) in [5.41, 5.74) is 4.86. The van der Waals surface area contributed by atoms with Crippen molar-refractivity contribution in [1.82, 2.24) is 20.4 Å². The number of fused-ring (bicyclic) bond motifs is 1. The van der Waals surface area contributed by atoms with Crippen LogP contribution in [-0.4, -0.2) is 15.0 Å². The van der Waals surface area contributed by atoms with Crippen molar-refractivity contribution >= 4 is 10.8 Å². The Kier molecular flexibility index (Phi) is 3.37. The molecule has 5 heteroatoms. The second-order valence-electron chi connectivity index (χ2n) is 4.66. The molecule has 2 aromatic heterocycles. The van der Waals surface area contributed by atoms with Crippen molar-refractivity contribution in [1.29, 1.82) is 0 Å². The van der Waals surface area contributed by atoms with E-state index in [-0.39, 0.29) is 6.04 Å². The van der Waals surface area contributed by atoms with Gasteiger partial charge in [-0.1, -0.05) is 18.2 Å². The number of hydrazine groups is 1. The summed E-state index contributed by atoms with van der Waals surface area (Å²) in [6, 6.07) is 7.76. The summed E-state index contributed by atoms with van der Waals surface area (Å²) in [5, 5.41) is 2.16. The number of benzene rings is 1. The topological polar surface area (TPSA) is 76.7 Å². The number of pyridine rings is 1. The lowest BCUT2D eigenvalue weighted by atomic mass is 10.00. The van der Waals surface area contributed by atoms with Gasteiger partial charge in [-0.25, -0.2) is 15.4 Å². The Morgan fingerprint density at radius 1 is 1.10 bits per heavy atom. The highest BCUT2D eigenvalue weighted by molar-refractivity contribution is 5.85. The summed E-state index contributed by atoms with van der Waals surface area (Å²) in [4.78, 5) is 12.9. The first-order valence-electron chi connectivity index (χ1n) is 6.37. The molecular formula is C15H15N5. The molecule has 5 nitrogen and oxygen atoms in total. The third-order valence-electron chi connectivity index (χ3n) is 3.25. The Morgan fingerprint density at radius 3 is 2.65 bits per heavy atom. The molecule has 0 saturated heterocycles. The highest BCUT2D eigenvalue weighted by Gasteiger charge is 2.17. The van der Waals surface area contributed by atoms with Crippen LogP contribution in [0.5, 0.6) is 0 Å². The molecule has 3 N–H and O–H groups in total. The Hall–Kier alpha value is -2.37. The Bertz CT molecular complexity index is 718. The fourth-order valence-electron chi connectivity index (χ4n) is 2.25. The van der Waals surface area contributed by atoms with Gasteiger partial charge in [-0.2, -0.15) is 0 Å². The van der Waals surface area contributed by atoms with E-state index in [0.29, 0.717) is 5.82 Å². The molecule has 0 radical (unpaired) electrons. The maximum atomic E-state index is 5.72. The van der Waals surface area contributed by atoms with Crippen LogP contribution in [0.2, 0.25) is 0 Å². The van der Waals surface area contributed by atoms with Gasteiger partial charge in [0.1, 0.15) is 6.04 Å². The van der Waals surface area contributed by atoms with Gasteiger partial charge in [-0.05, 0) is 29.5 Å². The predicted molar refractivity (Wildman–Crippen MR) is 77.7 cm³/mol. The van der Waals surface area contributed by atoms with Crippen molar-refractivity contribution in [3.05, 3.63) is 66.0 Å². The molecule has 3 rings (SSSR count). The number of hydrogen-bond donors (Lipinski definition) is 2. The van der Waals surface area contributed by atoms with Gasteiger partial charge in [0, 0.05) is 30.2 Å². The monoisotopic (exact) mass is 265 g/mol. The second-order valence-corrected chi connectivity index (χ2v) is 4.66. The maximum absolute atomic E-state index is 5.72. The van der Waals surface area contributed by atoms with Crippen molar-refractivity contribution in [2.45, 2.75) is 13.0 Å². The largest absolute Gasteiger partial charge is 0.270 e. The minimum Gasteiger partial charge on any atom is -0.270 e. The summed E-state index contributed by atoms with van der Waals surface area (Å²) in [5.74, 6) is 6.38. The maximum Gasteiger partial charge on any atom is 0.150 e. The Morgan fingerprint density at radius 2 is 1.90 bits per heavy atom. The van der Waals surface area contributed by atoms with E-state index in [2.05, 4.69) is 20.4 Å². The van der Waals surface area contributed by atoms with Crippen molar-refractivity contribution < 1.29 is 0 Å². The molecule has 1 unspecified atom stereocenters. The number of nitrogens with one attached hydrogen (secondary N) is 1. The van der Waals surface area contributed by atoms with Gasteiger partial charge in [0.15, 0.2) is 5.82 Å². The molecule has 1 aromatic carbocycles. The normalized spacial score (nSPS) is 12.5. The predicted octanol–water partition coefficient (Wildman–Crippen LogP) is 1.89. The molecule has 1 atom stereocenters. The van der Waals surface area contributed by atoms with Crippen LogP contribution >= 0.6 is 0 Å². The van der Waals surface area contributed by atoms with Gasteiger partial charge in [-0.3, -0.25) is 10.8 Å². The van der Waals surface area contributed by atoms with Gasteiger partial charge in [-0.15, -0.1) is 0 Å². The van der Waals surface area contributed by atoms with Crippen LogP contribution in [-0.2, 0) is 0 Å². The molecule has 0 spiro atoms. The van der Waals surface area contributed by atoms with Crippen LogP contribution in [0.3, 0.4) is 0 Å². The van der Waals surface area contributed by atoms with Crippen LogP contribution < -0.4 is 11.3 Å². The standard InChI is InChI=1S/C15H15N5/c1-10-7-18-15(19-8-10)14(20-16)13-4-2-3-11-9-17-6-5-12(11)13/h2-9,14,20H,16H2,1H3. The smallest absolute Gasteiger partial charge is 0.150 e. The highest BCUT2D eigenvalue weighted by atomic mass is 15.2. The van der Waals surface area contributed by atoms with E-state index < -0.39 is 0 Å². The van der Waals surface area contributed by atoms with E-state index in [4.69, 9.17) is 5.84 Å². The Balaban J connectivity index is 2.14. The van der Waals surface area contributed by atoms with E-state index in [1.807, 2.05) is 37.4 Å². The molecule has 20 heavy (non-hydrogen) atoms. The van der Waals surface area contributed by atoms with Crippen LogP contribution in [0.1, 0.15) is 23.0 Å². The molecule has 100 valence electrons. The minimum absolute atomic E-state index is 0.248. The van der Waals surface area contributed by atoms with Crippen LogP contribution in [0, 0.1) is 6.92 Å². The highest BCUT2D eigenvalue weighted by Crippen LogP contribution is 2.26. The number of nitrogens with two attached hydrogens (primary N) is 1. The van der Waals surface area contributed by atoms with Crippen molar-refractivity contribution in [2.75, 3.05) is 0 Å². The van der Waals surface area contributed by atoms with E-state index in [0.717, 1.165) is 21.9 Å². The van der Waals surface area contributed by atoms with Crippen molar-refractivity contribution in [2.24, 2.45) is 5.84 Å². The average Bonchev–Trinajstić information content (AvgIpc) is 2.50. The molecule has 0 amide bonds. The molecule has 2 heterocycles. The Labute approximate surface area is 116 Å². The van der Waals surface area contributed by atoms with E-state index in [9.17, 15) is 0 Å². The molecule has 0 aliphatic rings. The number of nitrogens with zero attached hydrogens (tertiary/aromatic N) is 3. The van der Waals surface area contributed by atoms with E-state index in [1.165, 1.54) is 0 Å². The van der Waals surface area contributed by atoms with Crippen molar-refractivity contribution in [3.63, 3.8) is 0 Å². The first-order chi connectivity index (χ1) is 9.79. The van der Waals surface area contributed by atoms with Crippen LogP contribution in [0.25, 0.3) is 10.8 Å². The summed E-state index contributed by atoms with van der Waals surface area (Å²) in [6.45, 7) is 1.96. The molecule has 0 aliphatic heterocycles. The molecule has 0 fully saturated rings. The number of aryl methyl sites for hydroxylation is 1. The number of hydrogen-bond acceptors (Lipinski definition) is 5. The molecule has 0 saturated carbocycles. The number of rotatable bonds is 3. The summed E-state index contributed by atoms with van der Waals surface area (Å²) in [6.07, 6.45) is 7.19. The average molecular weight is 265 g/mol. The minimum atomic E-state index is -0.248. The van der Waals surface area contributed by atoms with Gasteiger partial charge in [0.25, 0.3) is 0 Å². The third kappa shape index (κ3) is 2.24. The van der Waals surface area contributed by atoms with Gasteiger partial charge in [0.2, 0.25) is 0 Å². The van der Waals surface area contributed by atoms with Gasteiger partial charge < -0.3 is 0 Å². The fourth-order valence-corrected chi connectivity index (χ4v) is 2.25. The second kappa shape index (κ2) is 5.32. The van der Waals surface area contributed by atoms with E-state index in [1.54, 1.807) is 18.6 Å². The first-order valence-corrected chi connectivity index (χ1v) is 6.37. The molecule has 0 aliphatic carbocycles. The quantitative estimate of drug-likeness (QED) is 0.558. The van der Waals surface area contributed by atoms with E-state index >= 15 is 0 Å². The van der Waals surface area contributed by atoms with Gasteiger partial charge in [0.05, 0.1) is 0 Å². The van der Waals surface area contributed by atoms with Gasteiger partial charge >= 0.3 is 0 Å². The fraction of sp³-hybridized carbons (Fsp3) is 0.133. The summed E-state index contributed by atoms with van der Waals surface area (Å²) >= 11 is 0. The summed E-state index contributed by atoms with van der Waals surface area (Å²) in [7, 11) is 0. The first kappa shape index (κ1) is 12.7. The van der Waals surface area contributed by atoms with Crippen molar-refractivity contribution in [3.8, 4) is 0 Å². The third-order valence-corrected chi connectivity index (χ3v) is 3.25. The lowest BCUT2D eigenvalue weighted by Gasteiger charge is -2.17. The number of aromatic nitrogens is 3. The molecule has 3 aromatic rings. The zero-order valence-electron chi connectivity index (χ0n) is 11.1.